The third-order valence-electron chi connectivity index (χ3n) is 2.52. The molecule has 0 aromatic carbocycles. The minimum absolute atomic E-state index is 0.124. The Balaban J connectivity index is 2.35. The largest absolute Gasteiger partial charge is 0.325 e. The Kier molecular flexibility index (Phi) is 2.33. The molecular formula is C9H17NO. The normalized spacial score (nSPS) is 21.5. The van der Waals surface area contributed by atoms with Gasteiger partial charge in [-0.2, -0.15) is 0 Å². The quantitative estimate of drug-likeness (QED) is 0.671. The maximum absolute atomic E-state index is 11.3. The Morgan fingerprint density at radius 2 is 2.09 bits per heavy atom. The topological polar surface area (TPSA) is 43.1 Å². The van der Waals surface area contributed by atoms with E-state index in [1.165, 1.54) is 6.42 Å². The van der Waals surface area contributed by atoms with Gasteiger partial charge in [0, 0.05) is 17.9 Å². The first-order chi connectivity index (χ1) is 5.03. The standard InChI is InChI=1S/C9H17NO/c1-7(2)8(11)6-9(10)4-3-5-9/h7H,3-6,10H2,1-2H3. The number of carbonyl (C=O) groups excluding carboxylic acids is 1. The van der Waals surface area contributed by atoms with Gasteiger partial charge in [-0.25, -0.2) is 0 Å². The molecule has 0 radical (unpaired) electrons. The van der Waals surface area contributed by atoms with Crippen molar-refractivity contribution in [3.05, 3.63) is 0 Å². The SMILES string of the molecule is CC(C)C(=O)CC1(N)CCC1. The summed E-state index contributed by atoms with van der Waals surface area (Å²) in [6.07, 6.45) is 3.85. The molecule has 0 saturated heterocycles. The summed E-state index contributed by atoms with van der Waals surface area (Å²) in [7, 11) is 0. The summed E-state index contributed by atoms with van der Waals surface area (Å²) in [5.41, 5.74) is 5.80. The maximum Gasteiger partial charge on any atom is 0.137 e. The molecule has 0 aliphatic heterocycles. The summed E-state index contributed by atoms with van der Waals surface area (Å²) in [5, 5.41) is 0. The molecule has 0 spiro atoms. The first kappa shape index (κ1) is 8.72. The molecule has 11 heavy (non-hydrogen) atoms. The lowest BCUT2D eigenvalue weighted by Gasteiger charge is -2.37. The van der Waals surface area contributed by atoms with Gasteiger partial charge < -0.3 is 5.73 Å². The molecule has 0 bridgehead atoms. The van der Waals surface area contributed by atoms with Crippen molar-refractivity contribution >= 4 is 5.78 Å². The average Bonchev–Trinajstić information content (AvgIpc) is 1.84. The van der Waals surface area contributed by atoms with Crippen molar-refractivity contribution in [3.8, 4) is 0 Å². The summed E-state index contributed by atoms with van der Waals surface area (Å²) in [5.74, 6) is 0.461. The first-order valence-corrected chi connectivity index (χ1v) is 4.35. The minimum atomic E-state index is -0.124. The van der Waals surface area contributed by atoms with Crippen LogP contribution >= 0.6 is 0 Å². The van der Waals surface area contributed by atoms with Crippen LogP contribution in [0, 0.1) is 5.92 Å². The van der Waals surface area contributed by atoms with Gasteiger partial charge in [0.15, 0.2) is 0 Å². The minimum Gasteiger partial charge on any atom is -0.325 e. The lowest BCUT2D eigenvalue weighted by molar-refractivity contribution is -0.123. The van der Waals surface area contributed by atoms with Gasteiger partial charge in [0.05, 0.1) is 0 Å². The molecule has 0 unspecified atom stereocenters. The monoisotopic (exact) mass is 155 g/mol. The summed E-state index contributed by atoms with van der Waals surface area (Å²) in [4.78, 5) is 11.3. The number of nitrogens with two attached hydrogens (primary N) is 1. The third kappa shape index (κ3) is 2.03. The Hall–Kier alpha value is -0.370. The summed E-state index contributed by atoms with van der Waals surface area (Å²) < 4.78 is 0. The summed E-state index contributed by atoms with van der Waals surface area (Å²) >= 11 is 0. The highest BCUT2D eigenvalue weighted by Crippen LogP contribution is 2.32. The smallest absolute Gasteiger partial charge is 0.137 e. The van der Waals surface area contributed by atoms with Crippen LogP contribution < -0.4 is 5.73 Å². The van der Waals surface area contributed by atoms with E-state index >= 15 is 0 Å². The van der Waals surface area contributed by atoms with E-state index in [1.807, 2.05) is 13.8 Å². The Labute approximate surface area is 68.2 Å². The van der Waals surface area contributed by atoms with Gasteiger partial charge >= 0.3 is 0 Å². The highest BCUT2D eigenvalue weighted by Gasteiger charge is 2.34. The van der Waals surface area contributed by atoms with E-state index in [0.717, 1.165) is 12.8 Å². The molecule has 0 aromatic rings. The Morgan fingerprint density at radius 3 is 2.36 bits per heavy atom. The fourth-order valence-electron chi connectivity index (χ4n) is 1.36. The predicted octanol–water partition coefficient (Wildman–Crippen LogP) is 1.48. The van der Waals surface area contributed by atoms with Crippen molar-refractivity contribution in [3.63, 3.8) is 0 Å². The summed E-state index contributed by atoms with van der Waals surface area (Å²) in [6, 6.07) is 0. The van der Waals surface area contributed by atoms with Crippen molar-refractivity contribution in [2.45, 2.75) is 45.1 Å². The second kappa shape index (κ2) is 2.94. The van der Waals surface area contributed by atoms with E-state index < -0.39 is 0 Å². The predicted molar refractivity (Wildman–Crippen MR) is 45.2 cm³/mol. The Bertz CT molecular complexity index is 159. The average molecular weight is 155 g/mol. The highest BCUT2D eigenvalue weighted by molar-refractivity contribution is 5.81. The van der Waals surface area contributed by atoms with Crippen LogP contribution in [0.3, 0.4) is 0 Å². The van der Waals surface area contributed by atoms with Crippen molar-refractivity contribution in [1.29, 1.82) is 0 Å². The second-order valence-electron chi connectivity index (χ2n) is 4.01. The summed E-state index contributed by atoms with van der Waals surface area (Å²) in [6.45, 7) is 3.87. The molecule has 64 valence electrons. The molecule has 1 fully saturated rings. The molecule has 2 heteroatoms. The lowest BCUT2D eigenvalue weighted by Crippen LogP contribution is -2.48. The van der Waals surface area contributed by atoms with E-state index in [2.05, 4.69) is 0 Å². The van der Waals surface area contributed by atoms with Gasteiger partial charge in [0.25, 0.3) is 0 Å². The molecule has 0 amide bonds. The van der Waals surface area contributed by atoms with Gasteiger partial charge in [-0.1, -0.05) is 13.8 Å². The zero-order chi connectivity index (χ0) is 8.48. The molecule has 1 aliphatic carbocycles. The number of rotatable bonds is 3. The fraction of sp³-hybridized carbons (Fsp3) is 0.889. The lowest BCUT2D eigenvalue weighted by atomic mass is 9.73. The van der Waals surface area contributed by atoms with Gasteiger partial charge in [0.1, 0.15) is 5.78 Å². The molecule has 1 saturated carbocycles. The van der Waals surface area contributed by atoms with Gasteiger partial charge in [-0.05, 0) is 19.3 Å². The van der Waals surface area contributed by atoms with Crippen molar-refractivity contribution < 1.29 is 4.79 Å². The molecule has 1 rings (SSSR count). The van der Waals surface area contributed by atoms with Gasteiger partial charge in [-0.15, -0.1) is 0 Å². The molecule has 1 aliphatic rings. The number of hydrogen-bond donors (Lipinski definition) is 1. The van der Waals surface area contributed by atoms with Crippen LogP contribution in [0.15, 0.2) is 0 Å². The van der Waals surface area contributed by atoms with Gasteiger partial charge in [-0.3, -0.25) is 4.79 Å². The van der Waals surface area contributed by atoms with E-state index in [-0.39, 0.29) is 11.5 Å². The van der Waals surface area contributed by atoms with Crippen molar-refractivity contribution in [1.82, 2.24) is 0 Å². The van der Waals surface area contributed by atoms with Crippen LogP contribution in [0.25, 0.3) is 0 Å². The van der Waals surface area contributed by atoms with E-state index in [9.17, 15) is 4.79 Å². The van der Waals surface area contributed by atoms with E-state index in [0.29, 0.717) is 12.2 Å². The second-order valence-corrected chi connectivity index (χ2v) is 4.01. The number of hydrogen-bond acceptors (Lipinski definition) is 2. The Morgan fingerprint density at radius 1 is 1.55 bits per heavy atom. The molecular weight excluding hydrogens is 138 g/mol. The zero-order valence-corrected chi connectivity index (χ0v) is 7.39. The van der Waals surface area contributed by atoms with Gasteiger partial charge in [0.2, 0.25) is 0 Å². The van der Waals surface area contributed by atoms with Crippen molar-refractivity contribution in [2.75, 3.05) is 0 Å². The number of carbonyl (C=O) groups is 1. The number of ketones is 1. The molecule has 0 heterocycles. The van der Waals surface area contributed by atoms with E-state index in [1.54, 1.807) is 0 Å². The highest BCUT2D eigenvalue weighted by atomic mass is 16.1. The molecule has 0 aromatic heterocycles. The number of Topliss-reactive ketones (excluding diaryl/α,β-unsaturated/α-hetero) is 1. The molecule has 0 atom stereocenters. The van der Waals surface area contributed by atoms with Crippen LogP contribution in [0.2, 0.25) is 0 Å². The molecule has 2 N–H and O–H groups in total. The van der Waals surface area contributed by atoms with Crippen LogP contribution in [-0.4, -0.2) is 11.3 Å². The van der Waals surface area contributed by atoms with E-state index in [4.69, 9.17) is 5.73 Å². The maximum atomic E-state index is 11.3. The van der Waals surface area contributed by atoms with Crippen LogP contribution in [0.1, 0.15) is 39.5 Å². The van der Waals surface area contributed by atoms with Crippen LogP contribution in [0.4, 0.5) is 0 Å². The molecule has 2 nitrogen and oxygen atoms in total. The third-order valence-corrected chi connectivity index (χ3v) is 2.52. The first-order valence-electron chi connectivity index (χ1n) is 4.35. The fourth-order valence-corrected chi connectivity index (χ4v) is 1.36. The van der Waals surface area contributed by atoms with Crippen LogP contribution in [-0.2, 0) is 4.79 Å². The van der Waals surface area contributed by atoms with Crippen LogP contribution in [0.5, 0.6) is 0 Å². The van der Waals surface area contributed by atoms with Crippen molar-refractivity contribution in [2.24, 2.45) is 11.7 Å². The zero-order valence-electron chi connectivity index (χ0n) is 7.39.